The molecule has 0 aromatic heterocycles. The number of carbonyl (C=O) groups is 1. The summed E-state index contributed by atoms with van der Waals surface area (Å²) in [6.45, 7) is 1.92. The highest BCUT2D eigenvalue weighted by molar-refractivity contribution is 8.27. The zero-order valence-corrected chi connectivity index (χ0v) is 15.6. The summed E-state index contributed by atoms with van der Waals surface area (Å²) in [7, 11) is 0. The molecule has 0 unspecified atom stereocenters. The zero-order valence-electron chi connectivity index (χ0n) is 13.2. The van der Waals surface area contributed by atoms with Gasteiger partial charge in [0.05, 0.1) is 15.6 Å². The Balaban J connectivity index is 1.88. The average Bonchev–Trinajstić information content (AvgIpc) is 2.85. The van der Waals surface area contributed by atoms with Crippen LogP contribution in [0.4, 0.5) is 10.1 Å². The smallest absolute Gasteiger partial charge is 0.268 e. The van der Waals surface area contributed by atoms with Crippen LogP contribution in [0, 0.1) is 5.82 Å². The topological polar surface area (TPSA) is 20.3 Å². The first-order chi connectivity index (χ1) is 12.0. The van der Waals surface area contributed by atoms with Gasteiger partial charge in [-0.3, -0.25) is 9.69 Å². The van der Waals surface area contributed by atoms with E-state index >= 15 is 0 Å². The van der Waals surface area contributed by atoms with E-state index in [1.54, 1.807) is 6.08 Å². The van der Waals surface area contributed by atoms with Gasteiger partial charge in [0.25, 0.3) is 5.91 Å². The van der Waals surface area contributed by atoms with Gasteiger partial charge in [0.15, 0.2) is 4.32 Å². The molecule has 3 rings (SSSR count). The van der Waals surface area contributed by atoms with Gasteiger partial charge in [-0.25, -0.2) is 4.39 Å². The molecule has 2 aromatic rings. The van der Waals surface area contributed by atoms with Crippen molar-refractivity contribution < 1.29 is 9.18 Å². The van der Waals surface area contributed by atoms with Crippen LogP contribution >= 0.6 is 35.6 Å². The van der Waals surface area contributed by atoms with E-state index in [1.807, 2.05) is 43.3 Å². The molecule has 1 amide bonds. The summed E-state index contributed by atoms with van der Waals surface area (Å²) < 4.78 is 13.7. The number of carbonyl (C=O) groups excluding carboxylic acids is 1. The van der Waals surface area contributed by atoms with Crippen LogP contribution in [0.3, 0.4) is 0 Å². The van der Waals surface area contributed by atoms with Crippen LogP contribution in [0.25, 0.3) is 6.08 Å². The van der Waals surface area contributed by atoms with Gasteiger partial charge < -0.3 is 0 Å². The van der Waals surface area contributed by atoms with E-state index in [4.69, 9.17) is 23.8 Å². The van der Waals surface area contributed by atoms with E-state index in [0.29, 0.717) is 14.9 Å². The molecule has 0 atom stereocenters. The van der Waals surface area contributed by atoms with Gasteiger partial charge in [-0.15, -0.1) is 0 Å². The molecular weight excluding hydrogens is 377 g/mol. The second-order valence-electron chi connectivity index (χ2n) is 5.41. The first-order valence-corrected chi connectivity index (χ1v) is 9.02. The van der Waals surface area contributed by atoms with Crippen LogP contribution in [0.2, 0.25) is 5.02 Å². The lowest BCUT2D eigenvalue weighted by atomic mass is 10.1. The summed E-state index contributed by atoms with van der Waals surface area (Å²) >= 11 is 12.3. The Kier molecular flexibility index (Phi) is 5.37. The molecule has 1 aliphatic heterocycles. The van der Waals surface area contributed by atoms with Crippen molar-refractivity contribution in [2.24, 2.45) is 0 Å². The molecule has 1 saturated heterocycles. The number of hydrogen-bond acceptors (Lipinski definition) is 3. The molecule has 0 spiro atoms. The first-order valence-electron chi connectivity index (χ1n) is 7.42. The maximum absolute atomic E-state index is 13.3. The van der Waals surface area contributed by atoms with Crippen LogP contribution in [0.1, 0.15) is 12.5 Å². The fourth-order valence-corrected chi connectivity index (χ4v) is 3.90. The summed E-state index contributed by atoms with van der Waals surface area (Å²) in [6.07, 6.45) is 3.79. The fourth-order valence-electron chi connectivity index (χ4n) is 2.38. The fraction of sp³-hybridized carbons (Fsp3) is 0.0526. The summed E-state index contributed by atoms with van der Waals surface area (Å²) in [5.74, 6) is -0.772. The normalized spacial score (nSPS) is 16.8. The zero-order chi connectivity index (χ0) is 18.0. The molecule has 1 fully saturated rings. The minimum atomic E-state index is -0.534. The van der Waals surface area contributed by atoms with Crippen LogP contribution in [0.5, 0.6) is 0 Å². The second-order valence-corrected chi connectivity index (χ2v) is 7.50. The third-order valence-corrected chi connectivity index (χ3v) is 5.10. The predicted molar refractivity (Wildman–Crippen MR) is 107 cm³/mol. The molecule has 2 nitrogen and oxygen atoms in total. The molecule has 126 valence electrons. The molecule has 6 heteroatoms. The highest BCUT2D eigenvalue weighted by atomic mass is 35.5. The van der Waals surface area contributed by atoms with Crippen molar-refractivity contribution in [2.75, 3.05) is 4.90 Å². The minimum absolute atomic E-state index is 0.0457. The Morgan fingerprint density at radius 2 is 1.96 bits per heavy atom. The minimum Gasteiger partial charge on any atom is -0.268 e. The van der Waals surface area contributed by atoms with Gasteiger partial charge in [-0.1, -0.05) is 72.0 Å². The van der Waals surface area contributed by atoms with Gasteiger partial charge >= 0.3 is 0 Å². The molecule has 2 aromatic carbocycles. The largest absolute Gasteiger partial charge is 0.270 e. The van der Waals surface area contributed by atoms with Crippen molar-refractivity contribution in [3.8, 4) is 0 Å². The monoisotopic (exact) mass is 389 g/mol. The van der Waals surface area contributed by atoms with E-state index in [-0.39, 0.29) is 10.9 Å². The molecule has 0 bridgehead atoms. The van der Waals surface area contributed by atoms with Crippen LogP contribution < -0.4 is 4.90 Å². The van der Waals surface area contributed by atoms with Crippen molar-refractivity contribution in [3.63, 3.8) is 0 Å². The molecule has 1 aliphatic rings. The van der Waals surface area contributed by atoms with Crippen LogP contribution in [-0.4, -0.2) is 10.2 Å². The molecule has 0 saturated carbocycles. The van der Waals surface area contributed by atoms with E-state index in [1.165, 1.54) is 34.9 Å². The summed E-state index contributed by atoms with van der Waals surface area (Å²) in [4.78, 5) is 14.6. The number of anilines is 1. The Morgan fingerprint density at radius 3 is 2.64 bits per heavy atom. The Hall–Kier alpha value is -1.95. The lowest BCUT2D eigenvalue weighted by molar-refractivity contribution is -0.113. The number of rotatable bonds is 3. The molecule has 25 heavy (non-hydrogen) atoms. The number of nitrogens with zero attached hydrogens (tertiary/aromatic N) is 1. The number of thiocarbonyl (C=S) groups is 1. The van der Waals surface area contributed by atoms with Crippen molar-refractivity contribution in [1.29, 1.82) is 0 Å². The highest BCUT2D eigenvalue weighted by Crippen LogP contribution is 2.36. The third-order valence-electron chi connectivity index (χ3n) is 3.51. The molecule has 0 N–H and O–H groups in total. The van der Waals surface area contributed by atoms with E-state index in [9.17, 15) is 9.18 Å². The van der Waals surface area contributed by atoms with Gasteiger partial charge in [0.1, 0.15) is 5.82 Å². The van der Waals surface area contributed by atoms with E-state index < -0.39 is 5.82 Å². The number of allylic oxidation sites excluding steroid dienone is 2. The maximum atomic E-state index is 13.3. The number of hydrogen-bond donors (Lipinski definition) is 0. The lowest BCUT2D eigenvalue weighted by Crippen LogP contribution is -2.27. The SMILES string of the molecule is CC(=C\c1ccccc1)/C=C1/SC(=S)N(c2ccc(F)c(Cl)c2)C1=O. The third kappa shape index (κ3) is 4.00. The van der Waals surface area contributed by atoms with Gasteiger partial charge in [0.2, 0.25) is 0 Å². The van der Waals surface area contributed by atoms with Crippen molar-refractivity contribution in [1.82, 2.24) is 0 Å². The van der Waals surface area contributed by atoms with Crippen molar-refractivity contribution in [2.45, 2.75) is 6.92 Å². The number of thioether (sulfide) groups is 1. The Bertz CT molecular complexity index is 909. The van der Waals surface area contributed by atoms with Crippen molar-refractivity contribution >= 4 is 57.6 Å². The highest BCUT2D eigenvalue weighted by Gasteiger charge is 2.33. The van der Waals surface area contributed by atoms with Crippen molar-refractivity contribution in [3.05, 3.63) is 81.5 Å². The van der Waals surface area contributed by atoms with Crippen LogP contribution in [0.15, 0.2) is 65.1 Å². The number of benzene rings is 2. The molecule has 0 aliphatic carbocycles. The summed E-state index contributed by atoms with van der Waals surface area (Å²) in [5, 5.41) is -0.0457. The Morgan fingerprint density at radius 1 is 1.24 bits per heavy atom. The lowest BCUT2D eigenvalue weighted by Gasteiger charge is -2.14. The average molecular weight is 390 g/mol. The van der Waals surface area contributed by atoms with Gasteiger partial charge in [-0.05, 0) is 42.3 Å². The number of amides is 1. The number of halogens is 2. The summed E-state index contributed by atoms with van der Waals surface area (Å²) in [5.41, 5.74) is 2.45. The van der Waals surface area contributed by atoms with Gasteiger partial charge in [0, 0.05) is 0 Å². The predicted octanol–water partition coefficient (Wildman–Crippen LogP) is 5.83. The summed E-state index contributed by atoms with van der Waals surface area (Å²) in [6, 6.07) is 13.9. The quantitative estimate of drug-likeness (QED) is 0.486. The molecule has 0 radical (unpaired) electrons. The maximum Gasteiger partial charge on any atom is 0.270 e. The van der Waals surface area contributed by atoms with Gasteiger partial charge in [-0.2, -0.15) is 0 Å². The van der Waals surface area contributed by atoms with E-state index in [2.05, 4.69) is 0 Å². The molecule has 1 heterocycles. The van der Waals surface area contributed by atoms with Crippen LogP contribution in [-0.2, 0) is 4.79 Å². The second kappa shape index (κ2) is 7.52. The first kappa shape index (κ1) is 17.9. The standard InChI is InChI=1S/C19H13ClFNOS2/c1-12(9-13-5-3-2-4-6-13)10-17-18(23)22(19(24)25-17)14-7-8-16(21)15(20)11-14/h2-11H,1H3/b12-9+,17-10+. The molecular formula is C19H13ClFNOS2. The van der Waals surface area contributed by atoms with E-state index in [0.717, 1.165) is 11.1 Å². The Labute approximate surface area is 160 Å².